The van der Waals surface area contributed by atoms with Crippen LogP contribution >= 0.6 is 11.8 Å². The Morgan fingerprint density at radius 3 is 2.61 bits per heavy atom. The number of benzene rings is 2. The molecule has 0 saturated heterocycles. The number of thioether (sulfide) groups is 1. The van der Waals surface area contributed by atoms with Crippen molar-refractivity contribution in [2.45, 2.75) is 10.9 Å². The lowest BCUT2D eigenvalue weighted by molar-refractivity contribution is 0.411. The molecule has 3 rings (SSSR count). The third-order valence-electron chi connectivity index (χ3n) is 3.50. The van der Waals surface area contributed by atoms with Crippen LogP contribution in [-0.2, 0) is 12.8 Å². The Bertz CT molecular complexity index is 819. The molecule has 0 amide bonds. The molecule has 0 fully saturated rings. The second-order valence-electron chi connectivity index (χ2n) is 4.95. The Balaban J connectivity index is 1.82. The van der Waals surface area contributed by atoms with Gasteiger partial charge in [-0.15, -0.1) is 10.2 Å². The average molecular weight is 329 g/mol. The summed E-state index contributed by atoms with van der Waals surface area (Å²) in [7, 11) is 3.49. The van der Waals surface area contributed by atoms with E-state index in [1.807, 2.05) is 31.3 Å². The first kappa shape index (κ1) is 15.6. The van der Waals surface area contributed by atoms with Gasteiger partial charge in [0.25, 0.3) is 0 Å². The minimum atomic E-state index is -0.302. The zero-order chi connectivity index (χ0) is 16.2. The van der Waals surface area contributed by atoms with E-state index in [2.05, 4.69) is 10.2 Å². The smallest absolute Gasteiger partial charge is 0.191 e. The zero-order valence-electron chi connectivity index (χ0n) is 12.9. The molecule has 2 aromatic carbocycles. The van der Waals surface area contributed by atoms with Gasteiger partial charge in [-0.1, -0.05) is 42.1 Å². The SMILES string of the molecule is COc1ccccc1CSc1nnc(-c2ccccc2F)n1C. The Hall–Kier alpha value is -2.34. The lowest BCUT2D eigenvalue weighted by atomic mass is 10.2. The molecule has 4 nitrogen and oxygen atoms in total. The van der Waals surface area contributed by atoms with Gasteiger partial charge in [-0.05, 0) is 18.2 Å². The van der Waals surface area contributed by atoms with Crippen LogP contribution in [0.1, 0.15) is 5.56 Å². The van der Waals surface area contributed by atoms with Gasteiger partial charge < -0.3 is 9.30 Å². The predicted molar refractivity (Wildman–Crippen MR) is 89.0 cm³/mol. The van der Waals surface area contributed by atoms with Crippen molar-refractivity contribution in [3.63, 3.8) is 0 Å². The summed E-state index contributed by atoms with van der Waals surface area (Å²) < 4.78 is 21.1. The first-order valence-corrected chi connectivity index (χ1v) is 8.08. The quantitative estimate of drug-likeness (QED) is 0.665. The van der Waals surface area contributed by atoms with Gasteiger partial charge in [0.2, 0.25) is 0 Å². The fourth-order valence-corrected chi connectivity index (χ4v) is 3.18. The first-order chi connectivity index (χ1) is 11.2. The molecule has 1 heterocycles. The van der Waals surface area contributed by atoms with Crippen LogP contribution in [-0.4, -0.2) is 21.9 Å². The summed E-state index contributed by atoms with van der Waals surface area (Å²) in [6, 6.07) is 14.4. The van der Waals surface area contributed by atoms with E-state index in [-0.39, 0.29) is 5.82 Å². The van der Waals surface area contributed by atoms with Crippen molar-refractivity contribution in [3.8, 4) is 17.1 Å². The van der Waals surface area contributed by atoms with Crippen molar-refractivity contribution in [3.05, 3.63) is 59.9 Å². The summed E-state index contributed by atoms with van der Waals surface area (Å²) >= 11 is 1.54. The number of ether oxygens (including phenoxy) is 1. The summed E-state index contributed by atoms with van der Waals surface area (Å²) in [4.78, 5) is 0. The summed E-state index contributed by atoms with van der Waals surface area (Å²) in [5, 5.41) is 9.03. The van der Waals surface area contributed by atoms with Crippen molar-refractivity contribution in [2.24, 2.45) is 7.05 Å². The standard InChI is InChI=1S/C17H16FN3OS/c1-21-16(13-8-4-5-9-14(13)18)19-20-17(21)23-11-12-7-3-6-10-15(12)22-2/h3-10H,11H2,1-2H3. The van der Waals surface area contributed by atoms with E-state index in [9.17, 15) is 4.39 Å². The maximum Gasteiger partial charge on any atom is 0.191 e. The fraction of sp³-hybridized carbons (Fsp3) is 0.176. The molecule has 0 aliphatic rings. The summed E-state index contributed by atoms with van der Waals surface area (Å²) in [6.07, 6.45) is 0. The highest BCUT2D eigenvalue weighted by Gasteiger charge is 2.14. The van der Waals surface area contributed by atoms with E-state index in [1.54, 1.807) is 29.9 Å². The van der Waals surface area contributed by atoms with Gasteiger partial charge in [0, 0.05) is 18.4 Å². The van der Waals surface area contributed by atoms with Gasteiger partial charge in [-0.2, -0.15) is 0 Å². The lowest BCUT2D eigenvalue weighted by Gasteiger charge is -2.08. The molecular weight excluding hydrogens is 313 g/mol. The molecule has 0 aliphatic heterocycles. The number of halogens is 1. The second kappa shape index (κ2) is 6.83. The number of para-hydroxylation sites is 1. The van der Waals surface area contributed by atoms with Crippen molar-refractivity contribution >= 4 is 11.8 Å². The van der Waals surface area contributed by atoms with Crippen LogP contribution < -0.4 is 4.74 Å². The van der Waals surface area contributed by atoms with Gasteiger partial charge in [0.05, 0.1) is 12.7 Å². The highest BCUT2D eigenvalue weighted by Crippen LogP contribution is 2.29. The van der Waals surface area contributed by atoms with E-state index in [0.29, 0.717) is 17.1 Å². The molecule has 3 aromatic rings. The van der Waals surface area contributed by atoms with Crippen LogP contribution in [0.5, 0.6) is 5.75 Å². The van der Waals surface area contributed by atoms with Crippen LogP contribution in [0.3, 0.4) is 0 Å². The van der Waals surface area contributed by atoms with Gasteiger partial charge in [-0.3, -0.25) is 0 Å². The van der Waals surface area contributed by atoms with Crippen LogP contribution in [0.15, 0.2) is 53.7 Å². The van der Waals surface area contributed by atoms with E-state index < -0.39 is 0 Å². The monoisotopic (exact) mass is 329 g/mol. The molecule has 0 aliphatic carbocycles. The molecule has 6 heteroatoms. The van der Waals surface area contributed by atoms with Crippen molar-refractivity contribution < 1.29 is 9.13 Å². The first-order valence-electron chi connectivity index (χ1n) is 7.09. The van der Waals surface area contributed by atoms with Gasteiger partial charge in [0.15, 0.2) is 11.0 Å². The molecule has 0 atom stereocenters. The minimum Gasteiger partial charge on any atom is -0.496 e. The van der Waals surface area contributed by atoms with E-state index in [4.69, 9.17) is 4.74 Å². The maximum absolute atomic E-state index is 13.9. The summed E-state index contributed by atoms with van der Waals surface area (Å²) in [5.41, 5.74) is 1.53. The third kappa shape index (κ3) is 3.22. The highest BCUT2D eigenvalue weighted by atomic mass is 32.2. The van der Waals surface area contributed by atoms with Crippen LogP contribution in [0.2, 0.25) is 0 Å². The number of hydrogen-bond donors (Lipinski definition) is 0. The lowest BCUT2D eigenvalue weighted by Crippen LogP contribution is -1.97. The van der Waals surface area contributed by atoms with Crippen molar-refractivity contribution in [2.75, 3.05) is 7.11 Å². The number of methoxy groups -OCH3 is 1. The van der Waals surface area contributed by atoms with E-state index in [1.165, 1.54) is 17.8 Å². The van der Waals surface area contributed by atoms with Gasteiger partial charge in [0.1, 0.15) is 11.6 Å². The number of nitrogens with zero attached hydrogens (tertiary/aromatic N) is 3. The Morgan fingerprint density at radius 1 is 1.09 bits per heavy atom. The van der Waals surface area contributed by atoms with E-state index in [0.717, 1.165) is 16.5 Å². The van der Waals surface area contributed by atoms with Gasteiger partial charge in [-0.25, -0.2) is 4.39 Å². The van der Waals surface area contributed by atoms with Crippen molar-refractivity contribution in [1.82, 2.24) is 14.8 Å². The zero-order valence-corrected chi connectivity index (χ0v) is 13.7. The molecule has 0 unspecified atom stereocenters. The topological polar surface area (TPSA) is 39.9 Å². The Kier molecular flexibility index (Phi) is 4.62. The van der Waals surface area contributed by atoms with Crippen LogP contribution in [0, 0.1) is 5.82 Å². The largest absolute Gasteiger partial charge is 0.496 e. The fourth-order valence-electron chi connectivity index (χ4n) is 2.28. The molecule has 0 N–H and O–H groups in total. The highest BCUT2D eigenvalue weighted by molar-refractivity contribution is 7.98. The minimum absolute atomic E-state index is 0.302. The molecule has 0 bridgehead atoms. The molecule has 0 spiro atoms. The molecule has 0 radical (unpaired) electrons. The van der Waals surface area contributed by atoms with Crippen LogP contribution in [0.25, 0.3) is 11.4 Å². The van der Waals surface area contributed by atoms with Gasteiger partial charge >= 0.3 is 0 Å². The second-order valence-corrected chi connectivity index (χ2v) is 5.89. The maximum atomic E-state index is 13.9. The summed E-state index contributed by atoms with van der Waals surface area (Å²) in [6.45, 7) is 0. The third-order valence-corrected chi connectivity index (χ3v) is 4.57. The molecule has 23 heavy (non-hydrogen) atoms. The number of rotatable bonds is 5. The average Bonchev–Trinajstić information content (AvgIpc) is 2.94. The normalized spacial score (nSPS) is 10.7. The molecular formula is C17H16FN3OS. The van der Waals surface area contributed by atoms with Crippen LogP contribution in [0.4, 0.5) is 4.39 Å². The number of hydrogen-bond acceptors (Lipinski definition) is 4. The Morgan fingerprint density at radius 2 is 1.83 bits per heavy atom. The Labute approximate surface area is 138 Å². The summed E-state index contributed by atoms with van der Waals surface area (Å²) in [5.74, 6) is 1.76. The van der Waals surface area contributed by atoms with Crippen molar-refractivity contribution in [1.29, 1.82) is 0 Å². The molecule has 1 aromatic heterocycles. The molecule has 0 saturated carbocycles. The predicted octanol–water partition coefficient (Wildman–Crippen LogP) is 3.92. The molecule has 118 valence electrons. The number of aromatic nitrogens is 3. The van der Waals surface area contributed by atoms with E-state index >= 15 is 0 Å².